The number of hydrogen-bond acceptors (Lipinski definition) is 2. The lowest BCUT2D eigenvalue weighted by Crippen LogP contribution is -2.25. The third-order valence-electron chi connectivity index (χ3n) is 3.29. The lowest BCUT2D eigenvalue weighted by Gasteiger charge is -2.21. The van der Waals surface area contributed by atoms with Gasteiger partial charge in [-0.2, -0.15) is 0 Å². The topological polar surface area (TPSA) is 29.3 Å². The van der Waals surface area contributed by atoms with Gasteiger partial charge in [-0.15, -0.1) is 0 Å². The fourth-order valence-electron chi connectivity index (χ4n) is 1.91. The van der Waals surface area contributed by atoms with Gasteiger partial charge >= 0.3 is 0 Å². The van der Waals surface area contributed by atoms with Gasteiger partial charge in [-0.3, -0.25) is 0 Å². The summed E-state index contributed by atoms with van der Waals surface area (Å²) < 4.78 is 0. The zero-order valence-electron chi connectivity index (χ0n) is 12.0. The SMILES string of the molecule is CC(C)CCN(C)CCC(N)c1cccc(Cl)c1Cl. The molecule has 1 aromatic carbocycles. The third kappa shape index (κ3) is 5.70. The van der Waals surface area contributed by atoms with Crippen molar-refractivity contribution >= 4 is 23.2 Å². The van der Waals surface area contributed by atoms with Gasteiger partial charge in [0.2, 0.25) is 0 Å². The largest absolute Gasteiger partial charge is 0.324 e. The van der Waals surface area contributed by atoms with E-state index in [1.165, 1.54) is 6.42 Å². The summed E-state index contributed by atoms with van der Waals surface area (Å²) in [6.07, 6.45) is 2.10. The van der Waals surface area contributed by atoms with E-state index in [4.69, 9.17) is 28.9 Å². The third-order valence-corrected chi connectivity index (χ3v) is 4.12. The molecule has 0 bridgehead atoms. The second kappa shape index (κ2) is 8.11. The quantitative estimate of drug-likeness (QED) is 0.811. The van der Waals surface area contributed by atoms with Crippen molar-refractivity contribution in [1.29, 1.82) is 0 Å². The van der Waals surface area contributed by atoms with Crippen LogP contribution in [-0.4, -0.2) is 25.0 Å². The molecule has 0 heterocycles. The van der Waals surface area contributed by atoms with Crippen molar-refractivity contribution < 1.29 is 0 Å². The molecule has 0 aromatic heterocycles. The number of halogens is 2. The highest BCUT2D eigenvalue weighted by Crippen LogP contribution is 2.30. The molecule has 0 aliphatic carbocycles. The van der Waals surface area contributed by atoms with Crippen molar-refractivity contribution in [2.24, 2.45) is 11.7 Å². The molecule has 108 valence electrons. The molecule has 4 heteroatoms. The maximum atomic E-state index is 6.20. The summed E-state index contributed by atoms with van der Waals surface area (Å²) in [6.45, 7) is 6.56. The molecule has 1 atom stereocenters. The average molecular weight is 303 g/mol. The number of hydrogen-bond donors (Lipinski definition) is 1. The highest BCUT2D eigenvalue weighted by molar-refractivity contribution is 6.42. The van der Waals surface area contributed by atoms with Gasteiger partial charge in [0, 0.05) is 6.04 Å². The predicted molar refractivity (Wildman–Crippen MR) is 85.0 cm³/mol. The maximum Gasteiger partial charge on any atom is 0.0640 e. The first-order valence-electron chi connectivity index (χ1n) is 6.79. The summed E-state index contributed by atoms with van der Waals surface area (Å²) in [7, 11) is 2.13. The van der Waals surface area contributed by atoms with Crippen LogP contribution < -0.4 is 5.73 Å². The van der Waals surface area contributed by atoms with Crippen LogP contribution in [0.5, 0.6) is 0 Å². The molecule has 0 fully saturated rings. The lowest BCUT2D eigenvalue weighted by molar-refractivity contribution is 0.298. The van der Waals surface area contributed by atoms with Crippen molar-refractivity contribution in [2.75, 3.05) is 20.1 Å². The molecule has 2 N–H and O–H groups in total. The fraction of sp³-hybridized carbons (Fsp3) is 0.600. The standard InChI is InChI=1S/C15H24Cl2N2/c1-11(2)7-9-19(3)10-8-14(18)12-5-4-6-13(16)15(12)17/h4-6,11,14H,7-10,18H2,1-3H3. The summed E-state index contributed by atoms with van der Waals surface area (Å²) in [5.41, 5.74) is 7.14. The molecule has 0 aliphatic heterocycles. The van der Waals surface area contributed by atoms with Gasteiger partial charge in [0.15, 0.2) is 0 Å². The molecule has 1 rings (SSSR count). The van der Waals surface area contributed by atoms with Crippen LogP contribution in [0.4, 0.5) is 0 Å². The summed E-state index contributed by atoms with van der Waals surface area (Å²) in [5, 5.41) is 1.16. The summed E-state index contributed by atoms with van der Waals surface area (Å²) in [5.74, 6) is 0.735. The number of rotatable bonds is 7. The van der Waals surface area contributed by atoms with Crippen molar-refractivity contribution in [1.82, 2.24) is 4.90 Å². The van der Waals surface area contributed by atoms with Crippen LogP contribution >= 0.6 is 23.2 Å². The van der Waals surface area contributed by atoms with Crippen LogP contribution in [0.15, 0.2) is 18.2 Å². The molecule has 2 nitrogen and oxygen atoms in total. The first-order chi connectivity index (χ1) is 8.91. The van der Waals surface area contributed by atoms with E-state index in [1.54, 1.807) is 6.07 Å². The molecular formula is C15H24Cl2N2. The molecule has 0 amide bonds. The minimum atomic E-state index is -0.0623. The van der Waals surface area contributed by atoms with E-state index in [0.29, 0.717) is 10.0 Å². The minimum absolute atomic E-state index is 0.0623. The van der Waals surface area contributed by atoms with E-state index in [9.17, 15) is 0 Å². The molecule has 0 spiro atoms. The van der Waals surface area contributed by atoms with E-state index in [1.807, 2.05) is 12.1 Å². The Kier molecular flexibility index (Phi) is 7.16. The molecule has 1 aromatic rings. The molecule has 0 aliphatic rings. The Morgan fingerprint density at radius 1 is 1.16 bits per heavy atom. The van der Waals surface area contributed by atoms with Gasteiger partial charge in [0.1, 0.15) is 0 Å². The van der Waals surface area contributed by atoms with Gasteiger partial charge in [-0.1, -0.05) is 49.2 Å². The highest BCUT2D eigenvalue weighted by Gasteiger charge is 2.13. The Balaban J connectivity index is 2.47. The molecular weight excluding hydrogens is 279 g/mol. The van der Waals surface area contributed by atoms with Crippen LogP contribution in [0.1, 0.15) is 38.3 Å². The normalized spacial score (nSPS) is 13.3. The minimum Gasteiger partial charge on any atom is -0.324 e. The second-order valence-corrected chi connectivity index (χ2v) is 6.31. The van der Waals surface area contributed by atoms with Crippen LogP contribution in [0.25, 0.3) is 0 Å². The monoisotopic (exact) mass is 302 g/mol. The average Bonchev–Trinajstić information content (AvgIpc) is 2.36. The molecule has 0 radical (unpaired) electrons. The van der Waals surface area contributed by atoms with Crippen molar-refractivity contribution in [3.05, 3.63) is 33.8 Å². The zero-order chi connectivity index (χ0) is 14.4. The van der Waals surface area contributed by atoms with Crippen LogP contribution in [0.3, 0.4) is 0 Å². The second-order valence-electron chi connectivity index (χ2n) is 5.52. The Hall–Kier alpha value is -0.280. The number of nitrogens with zero attached hydrogens (tertiary/aromatic N) is 1. The van der Waals surface area contributed by atoms with E-state index >= 15 is 0 Å². The van der Waals surface area contributed by atoms with Crippen LogP contribution in [0, 0.1) is 5.92 Å². The lowest BCUT2D eigenvalue weighted by atomic mass is 10.0. The Morgan fingerprint density at radius 2 is 1.79 bits per heavy atom. The number of nitrogens with two attached hydrogens (primary N) is 1. The van der Waals surface area contributed by atoms with Gasteiger partial charge in [0.05, 0.1) is 10.0 Å². The number of benzene rings is 1. The maximum absolute atomic E-state index is 6.20. The summed E-state index contributed by atoms with van der Waals surface area (Å²) in [4.78, 5) is 2.32. The van der Waals surface area contributed by atoms with Crippen molar-refractivity contribution in [3.63, 3.8) is 0 Å². The Labute approximate surface area is 126 Å². The molecule has 19 heavy (non-hydrogen) atoms. The summed E-state index contributed by atoms with van der Waals surface area (Å²) >= 11 is 12.2. The molecule has 0 saturated carbocycles. The molecule has 0 saturated heterocycles. The first kappa shape index (κ1) is 16.8. The van der Waals surface area contributed by atoms with Gasteiger partial charge in [0.25, 0.3) is 0 Å². The molecule has 1 unspecified atom stereocenters. The van der Waals surface area contributed by atoms with Gasteiger partial charge < -0.3 is 10.6 Å². The van der Waals surface area contributed by atoms with Gasteiger partial charge in [-0.05, 0) is 50.5 Å². The van der Waals surface area contributed by atoms with Gasteiger partial charge in [-0.25, -0.2) is 0 Å². The van der Waals surface area contributed by atoms with Crippen LogP contribution in [0.2, 0.25) is 10.0 Å². The van der Waals surface area contributed by atoms with E-state index < -0.39 is 0 Å². The van der Waals surface area contributed by atoms with Crippen molar-refractivity contribution in [2.45, 2.75) is 32.7 Å². The first-order valence-corrected chi connectivity index (χ1v) is 7.55. The van der Waals surface area contributed by atoms with E-state index in [2.05, 4.69) is 25.8 Å². The Morgan fingerprint density at radius 3 is 2.42 bits per heavy atom. The smallest absolute Gasteiger partial charge is 0.0640 e. The van der Waals surface area contributed by atoms with Crippen molar-refractivity contribution in [3.8, 4) is 0 Å². The zero-order valence-corrected chi connectivity index (χ0v) is 13.5. The predicted octanol–water partition coefficient (Wildman–Crippen LogP) is 4.36. The fourth-order valence-corrected chi connectivity index (χ4v) is 2.36. The van der Waals surface area contributed by atoms with E-state index in [-0.39, 0.29) is 6.04 Å². The summed E-state index contributed by atoms with van der Waals surface area (Å²) in [6, 6.07) is 5.57. The van der Waals surface area contributed by atoms with Crippen LogP contribution in [-0.2, 0) is 0 Å². The Bertz CT molecular complexity index is 394. The van der Waals surface area contributed by atoms with E-state index in [0.717, 1.165) is 31.0 Å². The highest BCUT2D eigenvalue weighted by atomic mass is 35.5.